The smallest absolute Gasteiger partial charge is 0.221 e. The number of carbonyl (C=O) groups excluding carboxylic acids is 1. The molecule has 0 bridgehead atoms. The monoisotopic (exact) mass is 369 g/mol. The number of benzene rings is 2. The van der Waals surface area contributed by atoms with Gasteiger partial charge in [-0.25, -0.2) is 0 Å². The van der Waals surface area contributed by atoms with Crippen LogP contribution in [-0.4, -0.2) is 15.5 Å². The minimum Gasteiger partial charge on any atom is -0.350 e. The molecule has 0 saturated heterocycles. The number of aromatic nitrogens is 2. The molecule has 2 heterocycles. The van der Waals surface area contributed by atoms with Crippen LogP contribution in [0.5, 0.6) is 0 Å². The van der Waals surface area contributed by atoms with E-state index in [1.165, 1.54) is 16.5 Å². The first-order chi connectivity index (χ1) is 13.7. The molecule has 0 radical (unpaired) electrons. The van der Waals surface area contributed by atoms with Crippen molar-refractivity contribution in [2.24, 2.45) is 7.05 Å². The van der Waals surface area contributed by atoms with E-state index in [2.05, 4.69) is 58.4 Å². The molecule has 2 aromatic carbocycles. The number of rotatable bonds is 6. The number of fused-ring (bicyclic) bond motifs is 1. The number of amides is 1. The fraction of sp³-hybridized carbons (Fsp3) is 0.167. The van der Waals surface area contributed by atoms with E-state index in [1.807, 2.05) is 42.5 Å². The van der Waals surface area contributed by atoms with Crippen LogP contribution < -0.4 is 5.32 Å². The molecule has 0 spiro atoms. The highest BCUT2D eigenvalue weighted by atomic mass is 16.1. The van der Waals surface area contributed by atoms with E-state index < -0.39 is 0 Å². The van der Waals surface area contributed by atoms with Crippen molar-refractivity contribution in [1.29, 1.82) is 0 Å². The third-order valence-corrected chi connectivity index (χ3v) is 5.09. The second-order valence-electron chi connectivity index (χ2n) is 6.98. The third kappa shape index (κ3) is 3.81. The number of nitrogens with zero attached hydrogens (tertiary/aromatic N) is 2. The van der Waals surface area contributed by atoms with E-state index in [0.29, 0.717) is 13.0 Å². The van der Waals surface area contributed by atoms with Crippen LogP contribution in [0.1, 0.15) is 29.2 Å². The average Bonchev–Trinajstić information content (AvgIpc) is 3.08. The topological polar surface area (TPSA) is 46.9 Å². The molecular formula is C24H23N3O. The molecule has 0 saturated carbocycles. The number of nitrogens with one attached hydrogen (secondary N) is 1. The zero-order valence-electron chi connectivity index (χ0n) is 15.9. The maximum atomic E-state index is 12.8. The Balaban J connectivity index is 1.62. The molecule has 1 amide bonds. The molecule has 4 aromatic rings. The lowest BCUT2D eigenvalue weighted by atomic mass is 9.88. The molecule has 4 rings (SSSR count). The predicted molar refractivity (Wildman–Crippen MR) is 112 cm³/mol. The molecule has 4 nitrogen and oxygen atoms in total. The molecule has 0 fully saturated rings. The SMILES string of the molecule is Cn1cc(C(CC(=O)NCc2ccccn2)c2ccccc2)c2ccccc21. The fourth-order valence-corrected chi connectivity index (χ4v) is 3.69. The molecule has 1 N–H and O–H groups in total. The first-order valence-electron chi connectivity index (χ1n) is 9.48. The zero-order valence-corrected chi connectivity index (χ0v) is 15.9. The number of hydrogen-bond acceptors (Lipinski definition) is 2. The Morgan fingerprint density at radius 2 is 1.75 bits per heavy atom. The van der Waals surface area contributed by atoms with Crippen LogP contribution in [0.3, 0.4) is 0 Å². The van der Waals surface area contributed by atoms with Gasteiger partial charge in [0.2, 0.25) is 5.91 Å². The van der Waals surface area contributed by atoms with Gasteiger partial charge in [0.25, 0.3) is 0 Å². The van der Waals surface area contributed by atoms with Crippen molar-refractivity contribution in [3.8, 4) is 0 Å². The Morgan fingerprint density at radius 3 is 2.54 bits per heavy atom. The number of hydrogen-bond donors (Lipinski definition) is 1. The van der Waals surface area contributed by atoms with Gasteiger partial charge >= 0.3 is 0 Å². The largest absolute Gasteiger partial charge is 0.350 e. The maximum Gasteiger partial charge on any atom is 0.221 e. The van der Waals surface area contributed by atoms with E-state index in [9.17, 15) is 4.79 Å². The quantitative estimate of drug-likeness (QED) is 0.547. The number of aryl methyl sites for hydroxylation is 1. The highest BCUT2D eigenvalue weighted by Gasteiger charge is 2.22. The Bertz CT molecular complexity index is 1070. The molecule has 4 heteroatoms. The van der Waals surface area contributed by atoms with Crippen molar-refractivity contribution in [1.82, 2.24) is 14.9 Å². The van der Waals surface area contributed by atoms with Crippen molar-refractivity contribution >= 4 is 16.8 Å². The van der Waals surface area contributed by atoms with Crippen molar-refractivity contribution in [3.63, 3.8) is 0 Å². The third-order valence-electron chi connectivity index (χ3n) is 5.09. The van der Waals surface area contributed by atoms with Crippen LogP contribution in [0.2, 0.25) is 0 Å². The molecule has 2 aromatic heterocycles. The normalized spacial score (nSPS) is 12.0. The van der Waals surface area contributed by atoms with Gasteiger partial charge in [-0.05, 0) is 29.3 Å². The van der Waals surface area contributed by atoms with Gasteiger partial charge in [-0.15, -0.1) is 0 Å². The Morgan fingerprint density at radius 1 is 1.00 bits per heavy atom. The van der Waals surface area contributed by atoms with Crippen LogP contribution in [-0.2, 0) is 18.4 Å². The summed E-state index contributed by atoms with van der Waals surface area (Å²) in [6, 6.07) is 24.3. The summed E-state index contributed by atoms with van der Waals surface area (Å²) >= 11 is 0. The second-order valence-corrected chi connectivity index (χ2v) is 6.98. The standard InChI is InChI=1S/C24H23N3O/c1-27-17-22(20-12-5-6-13-23(20)27)21(18-9-3-2-4-10-18)15-24(28)26-16-19-11-7-8-14-25-19/h2-14,17,21H,15-16H2,1H3,(H,26,28). The van der Waals surface area contributed by atoms with E-state index in [-0.39, 0.29) is 11.8 Å². The van der Waals surface area contributed by atoms with Crippen molar-refractivity contribution in [3.05, 3.63) is 102 Å². The molecule has 0 aliphatic rings. The highest BCUT2D eigenvalue weighted by molar-refractivity contribution is 5.86. The van der Waals surface area contributed by atoms with Crippen molar-refractivity contribution in [2.45, 2.75) is 18.9 Å². The van der Waals surface area contributed by atoms with Crippen LogP contribution in [0, 0.1) is 0 Å². The first kappa shape index (κ1) is 18.0. The molecule has 1 atom stereocenters. The fourth-order valence-electron chi connectivity index (χ4n) is 3.69. The number of pyridine rings is 1. The lowest BCUT2D eigenvalue weighted by Crippen LogP contribution is -2.25. The van der Waals surface area contributed by atoms with E-state index in [4.69, 9.17) is 0 Å². The molecule has 140 valence electrons. The van der Waals surface area contributed by atoms with Crippen molar-refractivity contribution in [2.75, 3.05) is 0 Å². The lowest BCUT2D eigenvalue weighted by molar-refractivity contribution is -0.121. The summed E-state index contributed by atoms with van der Waals surface area (Å²) in [7, 11) is 2.05. The molecule has 0 aliphatic carbocycles. The van der Waals surface area contributed by atoms with Gasteiger partial charge in [0.15, 0.2) is 0 Å². The minimum absolute atomic E-state index is 0.00367. The van der Waals surface area contributed by atoms with Crippen LogP contribution in [0.25, 0.3) is 10.9 Å². The van der Waals surface area contributed by atoms with Gasteiger partial charge < -0.3 is 9.88 Å². The van der Waals surface area contributed by atoms with Crippen molar-refractivity contribution < 1.29 is 4.79 Å². The van der Waals surface area contributed by atoms with E-state index >= 15 is 0 Å². The Labute approximate surface area is 164 Å². The Hall–Kier alpha value is -3.40. The number of para-hydroxylation sites is 1. The average molecular weight is 369 g/mol. The zero-order chi connectivity index (χ0) is 19.3. The molecular weight excluding hydrogens is 346 g/mol. The van der Waals surface area contributed by atoms with E-state index in [0.717, 1.165) is 11.3 Å². The summed E-state index contributed by atoms with van der Waals surface area (Å²) in [5, 5.41) is 4.21. The van der Waals surface area contributed by atoms with Gasteiger partial charge in [-0.3, -0.25) is 9.78 Å². The second kappa shape index (κ2) is 8.09. The summed E-state index contributed by atoms with van der Waals surface area (Å²) in [5.74, 6) is 0.0171. The predicted octanol–water partition coefficient (Wildman–Crippen LogP) is 4.41. The first-order valence-corrected chi connectivity index (χ1v) is 9.48. The summed E-state index contributed by atoms with van der Waals surface area (Å²) in [6.45, 7) is 0.441. The van der Waals surface area contributed by atoms with Gasteiger partial charge in [-0.2, -0.15) is 0 Å². The van der Waals surface area contributed by atoms with Gasteiger partial charge in [0, 0.05) is 42.7 Å². The summed E-state index contributed by atoms with van der Waals surface area (Å²) in [4.78, 5) is 17.0. The number of carbonyl (C=O) groups is 1. The summed E-state index contributed by atoms with van der Waals surface area (Å²) in [6.07, 6.45) is 4.28. The maximum absolute atomic E-state index is 12.8. The van der Waals surface area contributed by atoms with Gasteiger partial charge in [0.05, 0.1) is 12.2 Å². The lowest BCUT2D eigenvalue weighted by Gasteiger charge is -2.17. The summed E-state index contributed by atoms with van der Waals surface area (Å²) < 4.78 is 2.13. The van der Waals surface area contributed by atoms with E-state index in [1.54, 1.807) is 6.20 Å². The van der Waals surface area contributed by atoms with Gasteiger partial charge in [-0.1, -0.05) is 54.6 Å². The molecule has 0 aliphatic heterocycles. The molecule has 1 unspecified atom stereocenters. The van der Waals surface area contributed by atoms with Gasteiger partial charge in [0.1, 0.15) is 0 Å². The molecule has 28 heavy (non-hydrogen) atoms. The Kier molecular flexibility index (Phi) is 5.20. The minimum atomic E-state index is -0.00367. The highest BCUT2D eigenvalue weighted by Crippen LogP contribution is 2.34. The van der Waals surface area contributed by atoms with Crippen LogP contribution >= 0.6 is 0 Å². The summed E-state index contributed by atoms with van der Waals surface area (Å²) in [5.41, 5.74) is 4.36. The van der Waals surface area contributed by atoms with Crippen LogP contribution in [0.15, 0.2) is 85.2 Å². The van der Waals surface area contributed by atoms with Crippen LogP contribution in [0.4, 0.5) is 0 Å².